The molecule has 2 nitrogen and oxygen atoms in total. The lowest BCUT2D eigenvalue weighted by atomic mass is 10.0. The molecule has 1 aliphatic rings. The molecule has 0 fully saturated rings. The fraction of sp³-hybridized carbons (Fsp3) is 0.357. The van der Waals surface area contributed by atoms with Gasteiger partial charge in [-0.25, -0.2) is 4.98 Å². The van der Waals surface area contributed by atoms with Gasteiger partial charge in [0.05, 0.1) is 11.6 Å². The Kier molecular flexibility index (Phi) is 3.77. The van der Waals surface area contributed by atoms with Gasteiger partial charge in [-0.2, -0.15) is 0 Å². The van der Waals surface area contributed by atoms with Crippen molar-refractivity contribution in [3.63, 3.8) is 0 Å². The molecule has 0 spiro atoms. The summed E-state index contributed by atoms with van der Waals surface area (Å²) in [5.41, 5.74) is 2.33. The third-order valence-corrected chi connectivity index (χ3v) is 6.18. The zero-order valence-electron chi connectivity index (χ0n) is 10.1. The van der Waals surface area contributed by atoms with Crippen molar-refractivity contribution in [2.24, 2.45) is 0 Å². The number of rotatable bonds is 2. The van der Waals surface area contributed by atoms with E-state index in [4.69, 9.17) is 9.72 Å². The topological polar surface area (TPSA) is 22.1 Å². The van der Waals surface area contributed by atoms with Crippen LogP contribution < -0.4 is 0 Å². The van der Waals surface area contributed by atoms with Crippen molar-refractivity contribution in [3.05, 3.63) is 35.9 Å². The zero-order valence-corrected chi connectivity index (χ0v) is 13.1. The van der Waals surface area contributed by atoms with Crippen LogP contribution in [0.5, 0.6) is 0 Å². The Labute approximate surface area is 125 Å². The number of para-hydroxylation sites is 1. The van der Waals surface area contributed by atoms with Gasteiger partial charge in [0.1, 0.15) is 5.03 Å². The van der Waals surface area contributed by atoms with E-state index in [1.165, 1.54) is 10.9 Å². The van der Waals surface area contributed by atoms with Gasteiger partial charge in [-0.1, -0.05) is 40.8 Å². The average Bonchev–Trinajstić information content (AvgIpc) is 2.43. The summed E-state index contributed by atoms with van der Waals surface area (Å²) in [5.74, 6) is 0. The van der Waals surface area contributed by atoms with Crippen molar-refractivity contribution in [2.75, 3.05) is 11.5 Å². The minimum Gasteiger partial charge on any atom is -0.377 e. The Morgan fingerprint density at radius 3 is 3.06 bits per heavy atom. The zero-order chi connectivity index (χ0) is 12.5. The van der Waals surface area contributed by atoms with Gasteiger partial charge < -0.3 is 4.74 Å². The minimum atomic E-state index is 0.193. The summed E-state index contributed by atoms with van der Waals surface area (Å²) in [6.45, 7) is 0. The number of hydrogen-bond donors (Lipinski definition) is 0. The van der Waals surface area contributed by atoms with E-state index in [-0.39, 0.29) is 6.10 Å². The van der Waals surface area contributed by atoms with E-state index >= 15 is 0 Å². The molecule has 1 aromatic carbocycles. The Morgan fingerprint density at radius 1 is 1.44 bits per heavy atom. The highest BCUT2D eigenvalue weighted by molar-refractivity contribution is 14.1. The molecule has 94 valence electrons. The van der Waals surface area contributed by atoms with Gasteiger partial charge in [0, 0.05) is 27.7 Å². The minimum absolute atomic E-state index is 0.193. The van der Waals surface area contributed by atoms with Gasteiger partial charge in [-0.05, 0) is 18.6 Å². The van der Waals surface area contributed by atoms with E-state index in [0.29, 0.717) is 5.25 Å². The molecule has 0 N–H and O–H groups in total. The van der Waals surface area contributed by atoms with E-state index in [9.17, 15) is 0 Å². The number of fused-ring (bicyclic) bond motifs is 2. The van der Waals surface area contributed by atoms with Gasteiger partial charge in [0.15, 0.2) is 0 Å². The van der Waals surface area contributed by atoms with Crippen LogP contribution in [0, 0.1) is 0 Å². The first-order chi connectivity index (χ1) is 8.81. The summed E-state index contributed by atoms with van der Waals surface area (Å²) in [7, 11) is 1.80. The average molecular weight is 371 g/mol. The molecule has 4 heteroatoms. The highest BCUT2D eigenvalue weighted by atomic mass is 127. The number of aromatic nitrogens is 1. The second kappa shape index (κ2) is 5.35. The third-order valence-electron chi connectivity index (χ3n) is 3.28. The lowest BCUT2D eigenvalue weighted by Crippen LogP contribution is -2.19. The Bertz CT molecular complexity index is 575. The molecule has 2 heterocycles. The fourth-order valence-corrected chi connectivity index (χ4v) is 4.36. The molecular weight excluding hydrogens is 357 g/mol. The lowest BCUT2D eigenvalue weighted by Gasteiger charge is -2.28. The van der Waals surface area contributed by atoms with E-state index in [0.717, 1.165) is 21.4 Å². The number of pyridine rings is 1. The number of benzene rings is 1. The lowest BCUT2D eigenvalue weighted by molar-refractivity contribution is 0.0922. The van der Waals surface area contributed by atoms with Crippen molar-refractivity contribution >= 4 is 45.3 Å². The van der Waals surface area contributed by atoms with Gasteiger partial charge in [0.2, 0.25) is 0 Å². The highest BCUT2D eigenvalue weighted by Gasteiger charge is 2.28. The van der Waals surface area contributed by atoms with E-state index in [1.807, 2.05) is 17.8 Å². The molecule has 2 unspecified atom stereocenters. The second-order valence-electron chi connectivity index (χ2n) is 4.43. The smallest absolute Gasteiger partial charge is 0.103 e. The molecule has 1 aromatic heterocycles. The van der Waals surface area contributed by atoms with Crippen molar-refractivity contribution < 1.29 is 4.74 Å². The summed E-state index contributed by atoms with van der Waals surface area (Å²) < 4.78 is 6.78. The van der Waals surface area contributed by atoms with Crippen molar-refractivity contribution in [3.8, 4) is 0 Å². The number of nitrogens with zero attached hydrogens (tertiary/aromatic N) is 1. The summed E-state index contributed by atoms with van der Waals surface area (Å²) in [4.78, 5) is 4.79. The summed E-state index contributed by atoms with van der Waals surface area (Å²) >= 11 is 4.34. The molecule has 0 saturated carbocycles. The van der Waals surface area contributed by atoms with Gasteiger partial charge in [0.25, 0.3) is 0 Å². The fourth-order valence-electron chi connectivity index (χ4n) is 2.33. The van der Waals surface area contributed by atoms with Crippen molar-refractivity contribution in [1.82, 2.24) is 4.98 Å². The van der Waals surface area contributed by atoms with Gasteiger partial charge in [-0.3, -0.25) is 0 Å². The molecule has 2 atom stereocenters. The molecule has 3 rings (SSSR count). The monoisotopic (exact) mass is 371 g/mol. The molecule has 0 amide bonds. The van der Waals surface area contributed by atoms with E-state index in [2.05, 4.69) is 46.9 Å². The van der Waals surface area contributed by atoms with Gasteiger partial charge in [-0.15, -0.1) is 11.8 Å². The predicted octanol–water partition coefficient (Wildman–Crippen LogP) is 4.22. The maximum absolute atomic E-state index is 5.64. The van der Waals surface area contributed by atoms with Crippen LogP contribution >= 0.6 is 34.4 Å². The molecule has 0 saturated heterocycles. The summed E-state index contributed by atoms with van der Waals surface area (Å²) in [5, 5.41) is 2.96. The predicted molar refractivity (Wildman–Crippen MR) is 84.6 cm³/mol. The van der Waals surface area contributed by atoms with E-state index in [1.54, 1.807) is 7.11 Å². The Morgan fingerprint density at radius 2 is 2.28 bits per heavy atom. The quantitative estimate of drug-likeness (QED) is 0.583. The van der Waals surface area contributed by atoms with Crippen LogP contribution in [0.3, 0.4) is 0 Å². The number of methoxy groups -OCH3 is 1. The van der Waals surface area contributed by atoms with Crippen LogP contribution in [-0.4, -0.2) is 21.8 Å². The second-order valence-corrected chi connectivity index (χ2v) is 6.60. The number of ether oxygens (including phenoxy) is 1. The molecule has 0 radical (unpaired) electrons. The van der Waals surface area contributed by atoms with Crippen LogP contribution in [0.15, 0.2) is 35.4 Å². The third kappa shape index (κ3) is 2.26. The van der Waals surface area contributed by atoms with Crippen LogP contribution in [0.2, 0.25) is 0 Å². The van der Waals surface area contributed by atoms with Crippen LogP contribution in [0.25, 0.3) is 10.9 Å². The number of alkyl halides is 1. The number of thioether (sulfide) groups is 1. The van der Waals surface area contributed by atoms with Crippen LogP contribution in [0.1, 0.15) is 18.1 Å². The maximum Gasteiger partial charge on any atom is 0.103 e. The first kappa shape index (κ1) is 12.7. The molecule has 18 heavy (non-hydrogen) atoms. The molecule has 0 bridgehead atoms. The highest BCUT2D eigenvalue weighted by Crippen LogP contribution is 2.42. The standard InChI is InChI=1S/C14H14INOS/c1-17-13-7-10(8-15)18-14-11(13)6-9-4-2-3-5-12(9)16-14/h2-6,10,13H,7-8H2,1H3. The molecular formula is C14H14INOS. The maximum atomic E-state index is 5.64. The molecule has 0 aliphatic carbocycles. The molecule has 1 aliphatic heterocycles. The number of hydrogen-bond acceptors (Lipinski definition) is 3. The van der Waals surface area contributed by atoms with Crippen molar-refractivity contribution in [1.29, 1.82) is 0 Å². The normalized spacial score (nSPS) is 23.0. The van der Waals surface area contributed by atoms with Crippen LogP contribution in [-0.2, 0) is 4.74 Å². The first-order valence-corrected chi connectivity index (χ1v) is 8.37. The Hall–Kier alpha value is -0.330. The largest absolute Gasteiger partial charge is 0.377 e. The number of halogens is 1. The first-order valence-electron chi connectivity index (χ1n) is 5.97. The van der Waals surface area contributed by atoms with Crippen molar-refractivity contribution in [2.45, 2.75) is 22.8 Å². The molecule has 2 aromatic rings. The SMILES string of the molecule is COC1CC(CI)Sc2nc3ccccc3cc21. The Balaban J connectivity index is 2.13. The summed E-state index contributed by atoms with van der Waals surface area (Å²) in [6, 6.07) is 10.5. The van der Waals surface area contributed by atoms with Crippen LogP contribution in [0.4, 0.5) is 0 Å². The van der Waals surface area contributed by atoms with E-state index < -0.39 is 0 Å². The summed E-state index contributed by atoms with van der Waals surface area (Å²) in [6.07, 6.45) is 1.27. The van der Waals surface area contributed by atoms with Gasteiger partial charge >= 0.3 is 0 Å².